The Labute approximate surface area is 260 Å². The number of hydrazone groups is 1. The number of aryl methyl sites for hydroxylation is 1. The zero-order chi connectivity index (χ0) is 32.0. The fourth-order valence-corrected chi connectivity index (χ4v) is 5.27. The van der Waals surface area contributed by atoms with Crippen molar-refractivity contribution in [3.63, 3.8) is 0 Å². The summed E-state index contributed by atoms with van der Waals surface area (Å²) in [4.78, 5) is 31.0. The molecule has 45 heavy (non-hydrogen) atoms. The van der Waals surface area contributed by atoms with Crippen LogP contribution in [0.4, 0.5) is 23.7 Å². The van der Waals surface area contributed by atoms with E-state index in [1.54, 1.807) is 7.11 Å². The summed E-state index contributed by atoms with van der Waals surface area (Å²) >= 11 is 0. The normalized spacial score (nSPS) is 17.1. The number of methoxy groups -OCH3 is 1. The number of carbonyl (C=O) groups excluding carboxylic acids is 2. The standard InChI is InChI=1S/C33H36F3N5O4/c1-23-3-5-25(6-4-23)30-21-29(24-7-13-28(44-2)14-8-24)38-41(30)31(42)22-40(16-15-39-17-19-45-20-18-39)32(43)37-27-11-9-26(10-12-27)33(34,35)36/h3-14,30H,15-22H2,1-2H3,(H,37,43)/t30-/m0/s1. The fourth-order valence-electron chi connectivity index (χ4n) is 5.27. The highest BCUT2D eigenvalue weighted by atomic mass is 19.4. The Hall–Kier alpha value is -4.42. The van der Waals surface area contributed by atoms with Gasteiger partial charge in [-0.1, -0.05) is 29.8 Å². The summed E-state index contributed by atoms with van der Waals surface area (Å²) in [5.41, 5.74) is 2.95. The van der Waals surface area contributed by atoms with Crippen molar-refractivity contribution in [3.8, 4) is 5.75 Å². The van der Waals surface area contributed by atoms with Crippen LogP contribution < -0.4 is 10.1 Å². The maximum atomic E-state index is 14.0. The number of ether oxygens (including phenoxy) is 2. The maximum absolute atomic E-state index is 14.0. The van der Waals surface area contributed by atoms with Gasteiger partial charge in [-0.05, 0) is 66.6 Å². The molecule has 5 rings (SSSR count). The van der Waals surface area contributed by atoms with Gasteiger partial charge in [0.25, 0.3) is 5.91 Å². The summed E-state index contributed by atoms with van der Waals surface area (Å²) in [5, 5.41) is 8.84. The quantitative estimate of drug-likeness (QED) is 0.337. The van der Waals surface area contributed by atoms with Crippen molar-refractivity contribution in [2.45, 2.75) is 25.6 Å². The average molecular weight is 624 g/mol. The molecule has 1 fully saturated rings. The Morgan fingerprint density at radius 1 is 1.00 bits per heavy atom. The average Bonchev–Trinajstić information content (AvgIpc) is 3.49. The second-order valence-electron chi connectivity index (χ2n) is 11.0. The molecule has 9 nitrogen and oxygen atoms in total. The van der Waals surface area contributed by atoms with Crippen molar-refractivity contribution in [2.24, 2.45) is 5.10 Å². The van der Waals surface area contributed by atoms with E-state index < -0.39 is 17.8 Å². The van der Waals surface area contributed by atoms with Crippen molar-refractivity contribution in [3.05, 3.63) is 95.1 Å². The number of nitrogens with zero attached hydrogens (tertiary/aromatic N) is 4. The van der Waals surface area contributed by atoms with Crippen molar-refractivity contribution in [2.75, 3.05) is 58.4 Å². The van der Waals surface area contributed by atoms with Crippen LogP contribution in [0.5, 0.6) is 5.75 Å². The highest BCUT2D eigenvalue weighted by Crippen LogP contribution is 2.34. The van der Waals surface area contributed by atoms with E-state index in [1.165, 1.54) is 22.0 Å². The smallest absolute Gasteiger partial charge is 0.416 e. The van der Waals surface area contributed by atoms with E-state index in [0.29, 0.717) is 45.0 Å². The zero-order valence-corrected chi connectivity index (χ0v) is 25.2. The molecule has 0 radical (unpaired) electrons. The lowest BCUT2D eigenvalue weighted by molar-refractivity contribution is -0.137. The van der Waals surface area contributed by atoms with Gasteiger partial charge in [-0.2, -0.15) is 18.3 Å². The molecule has 0 bridgehead atoms. The summed E-state index contributed by atoms with van der Waals surface area (Å²) in [7, 11) is 1.59. The Balaban J connectivity index is 1.37. The molecule has 12 heteroatoms. The van der Waals surface area contributed by atoms with Gasteiger partial charge in [0.05, 0.1) is 37.6 Å². The Morgan fingerprint density at radius 2 is 1.67 bits per heavy atom. The third-order valence-electron chi connectivity index (χ3n) is 7.92. The first-order chi connectivity index (χ1) is 21.6. The number of urea groups is 1. The number of carbonyl (C=O) groups is 2. The van der Waals surface area contributed by atoms with Crippen LogP contribution >= 0.6 is 0 Å². The first-order valence-corrected chi connectivity index (χ1v) is 14.7. The third kappa shape index (κ3) is 8.20. The van der Waals surface area contributed by atoms with E-state index in [0.717, 1.165) is 34.5 Å². The van der Waals surface area contributed by atoms with Crippen LogP contribution in [0.15, 0.2) is 77.9 Å². The van der Waals surface area contributed by atoms with Gasteiger partial charge < -0.3 is 19.7 Å². The van der Waals surface area contributed by atoms with E-state index in [4.69, 9.17) is 14.6 Å². The minimum atomic E-state index is -4.49. The minimum absolute atomic E-state index is 0.190. The number of nitrogens with one attached hydrogen (secondary N) is 1. The van der Waals surface area contributed by atoms with Gasteiger partial charge in [-0.25, -0.2) is 9.80 Å². The van der Waals surface area contributed by atoms with Crippen LogP contribution in [0.1, 0.15) is 34.7 Å². The molecule has 2 aliphatic heterocycles. The predicted octanol–water partition coefficient (Wildman–Crippen LogP) is 5.57. The molecule has 3 aromatic carbocycles. The van der Waals surface area contributed by atoms with Crippen LogP contribution in [-0.2, 0) is 15.7 Å². The summed E-state index contributed by atoms with van der Waals surface area (Å²) in [6.07, 6.45) is -4.01. The minimum Gasteiger partial charge on any atom is -0.497 e. The first-order valence-electron chi connectivity index (χ1n) is 14.7. The number of halogens is 3. The van der Waals surface area contributed by atoms with Crippen molar-refractivity contribution >= 4 is 23.3 Å². The molecule has 2 heterocycles. The molecule has 0 aliphatic carbocycles. The number of benzene rings is 3. The lowest BCUT2D eigenvalue weighted by Gasteiger charge is -2.31. The van der Waals surface area contributed by atoms with E-state index in [-0.39, 0.29) is 30.7 Å². The maximum Gasteiger partial charge on any atom is 0.416 e. The lowest BCUT2D eigenvalue weighted by Crippen LogP contribution is -2.47. The van der Waals surface area contributed by atoms with Gasteiger partial charge in [0.2, 0.25) is 0 Å². The number of rotatable bonds is 9. The molecule has 238 valence electrons. The molecule has 0 aromatic heterocycles. The van der Waals surface area contributed by atoms with E-state index in [9.17, 15) is 22.8 Å². The largest absolute Gasteiger partial charge is 0.497 e. The number of morpholine rings is 1. The van der Waals surface area contributed by atoms with Crippen LogP contribution in [0, 0.1) is 6.92 Å². The third-order valence-corrected chi connectivity index (χ3v) is 7.92. The van der Waals surface area contributed by atoms with Crippen molar-refractivity contribution < 1.29 is 32.2 Å². The molecule has 1 N–H and O–H groups in total. The van der Waals surface area contributed by atoms with Gasteiger partial charge in [0.1, 0.15) is 12.3 Å². The predicted molar refractivity (Wildman–Crippen MR) is 164 cm³/mol. The van der Waals surface area contributed by atoms with Gasteiger partial charge in [0, 0.05) is 38.3 Å². The van der Waals surface area contributed by atoms with Crippen LogP contribution in [0.3, 0.4) is 0 Å². The Morgan fingerprint density at radius 3 is 2.29 bits per heavy atom. The van der Waals surface area contributed by atoms with Gasteiger partial charge in [-0.15, -0.1) is 0 Å². The van der Waals surface area contributed by atoms with E-state index >= 15 is 0 Å². The zero-order valence-electron chi connectivity index (χ0n) is 25.2. The second-order valence-corrected chi connectivity index (χ2v) is 11.0. The molecule has 0 unspecified atom stereocenters. The monoisotopic (exact) mass is 623 g/mol. The lowest BCUT2D eigenvalue weighted by atomic mass is 9.97. The molecule has 0 spiro atoms. The molecule has 2 aliphatic rings. The fraction of sp³-hybridized carbons (Fsp3) is 0.364. The molecule has 1 atom stereocenters. The Bertz CT molecular complexity index is 1490. The molecule has 0 saturated carbocycles. The summed E-state index contributed by atoms with van der Waals surface area (Å²) in [6, 6.07) is 18.6. The number of hydrogen-bond donors (Lipinski definition) is 1. The highest BCUT2D eigenvalue weighted by molar-refractivity contribution is 6.03. The molecular formula is C33H36F3N5O4. The van der Waals surface area contributed by atoms with Crippen LogP contribution in [0.2, 0.25) is 0 Å². The van der Waals surface area contributed by atoms with Crippen LogP contribution in [0.25, 0.3) is 0 Å². The van der Waals surface area contributed by atoms with Crippen molar-refractivity contribution in [1.82, 2.24) is 14.8 Å². The molecule has 3 amide bonds. The summed E-state index contributed by atoms with van der Waals surface area (Å²) in [5.74, 6) is 0.323. The van der Waals surface area contributed by atoms with Gasteiger partial charge >= 0.3 is 12.2 Å². The molecule has 3 aromatic rings. The topological polar surface area (TPSA) is 86.7 Å². The Kier molecular flexibility index (Phi) is 10.0. The van der Waals surface area contributed by atoms with Gasteiger partial charge in [0.15, 0.2) is 0 Å². The second kappa shape index (κ2) is 14.1. The van der Waals surface area contributed by atoms with E-state index in [1.807, 2.05) is 55.5 Å². The number of amides is 3. The van der Waals surface area contributed by atoms with Gasteiger partial charge in [-0.3, -0.25) is 9.69 Å². The van der Waals surface area contributed by atoms with Crippen molar-refractivity contribution in [1.29, 1.82) is 0 Å². The number of anilines is 1. The van der Waals surface area contributed by atoms with E-state index in [2.05, 4.69) is 10.2 Å². The highest BCUT2D eigenvalue weighted by Gasteiger charge is 2.35. The SMILES string of the molecule is COc1ccc(C2=NN(C(=O)CN(CCN3CCOCC3)C(=O)Nc3ccc(C(F)(F)F)cc3)[C@H](c3ccc(C)cc3)C2)cc1. The summed E-state index contributed by atoms with van der Waals surface area (Å²) in [6.45, 7) is 4.96. The molecular weight excluding hydrogens is 587 g/mol. The summed E-state index contributed by atoms with van der Waals surface area (Å²) < 4.78 is 49.9. The number of alkyl halides is 3. The number of hydrogen-bond acceptors (Lipinski definition) is 6. The molecule has 1 saturated heterocycles. The first kappa shape index (κ1) is 32.0. The van der Waals surface area contributed by atoms with Crippen LogP contribution in [-0.4, -0.2) is 85.5 Å².